The SMILES string of the molecule is COC(=O)c1ccsc1NC(=O)Cc1cc(-c2ccccc2)on1. The number of methoxy groups -OCH3 is 1. The predicted octanol–water partition coefficient (Wildman–Crippen LogP) is 3.37. The van der Waals surface area contributed by atoms with Gasteiger partial charge in [-0.2, -0.15) is 0 Å². The van der Waals surface area contributed by atoms with Crippen LogP contribution in [0.15, 0.2) is 52.4 Å². The smallest absolute Gasteiger partial charge is 0.340 e. The quantitative estimate of drug-likeness (QED) is 0.719. The molecule has 0 unspecified atom stereocenters. The van der Waals surface area contributed by atoms with Gasteiger partial charge < -0.3 is 14.6 Å². The minimum atomic E-state index is -0.487. The van der Waals surface area contributed by atoms with Crippen LogP contribution in [0.2, 0.25) is 0 Å². The van der Waals surface area contributed by atoms with Gasteiger partial charge in [-0.05, 0) is 11.4 Å². The van der Waals surface area contributed by atoms with E-state index in [2.05, 4.69) is 15.2 Å². The zero-order valence-corrected chi connectivity index (χ0v) is 13.6. The second-order valence-electron chi connectivity index (χ2n) is 4.93. The Bertz CT molecular complexity index is 854. The number of anilines is 1. The Hall–Kier alpha value is -2.93. The second kappa shape index (κ2) is 7.10. The summed E-state index contributed by atoms with van der Waals surface area (Å²) in [6.07, 6.45) is 0.0504. The maximum atomic E-state index is 12.2. The molecule has 2 heterocycles. The highest BCUT2D eigenvalue weighted by atomic mass is 32.1. The number of amides is 1. The van der Waals surface area contributed by atoms with Crippen LogP contribution in [-0.2, 0) is 16.0 Å². The number of rotatable bonds is 5. The Labute approximate surface area is 142 Å². The van der Waals surface area contributed by atoms with Crippen LogP contribution in [0.4, 0.5) is 5.00 Å². The average molecular weight is 342 g/mol. The van der Waals surface area contributed by atoms with Crippen LogP contribution in [0.5, 0.6) is 0 Å². The van der Waals surface area contributed by atoms with Gasteiger partial charge >= 0.3 is 5.97 Å². The fraction of sp³-hybridized carbons (Fsp3) is 0.118. The number of carbonyl (C=O) groups excluding carboxylic acids is 2. The predicted molar refractivity (Wildman–Crippen MR) is 89.9 cm³/mol. The number of ether oxygens (including phenoxy) is 1. The molecule has 0 aliphatic heterocycles. The molecule has 0 saturated heterocycles. The second-order valence-corrected chi connectivity index (χ2v) is 5.84. The molecule has 0 spiro atoms. The summed E-state index contributed by atoms with van der Waals surface area (Å²) < 4.78 is 9.94. The molecular weight excluding hydrogens is 328 g/mol. The number of aromatic nitrogens is 1. The molecule has 0 aliphatic carbocycles. The number of carbonyl (C=O) groups is 2. The third-order valence-corrected chi connectivity index (χ3v) is 4.11. The number of hydrogen-bond acceptors (Lipinski definition) is 6. The number of thiophene rings is 1. The van der Waals surface area contributed by atoms with E-state index in [0.717, 1.165) is 5.56 Å². The molecule has 7 heteroatoms. The van der Waals surface area contributed by atoms with Gasteiger partial charge in [-0.25, -0.2) is 4.79 Å². The summed E-state index contributed by atoms with van der Waals surface area (Å²) in [7, 11) is 1.30. The largest absolute Gasteiger partial charge is 0.465 e. The minimum absolute atomic E-state index is 0.0504. The van der Waals surface area contributed by atoms with Gasteiger partial charge in [0.1, 0.15) is 5.00 Å². The van der Waals surface area contributed by atoms with Crippen molar-refractivity contribution in [2.45, 2.75) is 6.42 Å². The van der Waals surface area contributed by atoms with Crippen molar-refractivity contribution >= 4 is 28.2 Å². The molecule has 0 atom stereocenters. The van der Waals surface area contributed by atoms with E-state index in [4.69, 9.17) is 4.52 Å². The van der Waals surface area contributed by atoms with Crippen LogP contribution >= 0.6 is 11.3 Å². The number of benzene rings is 1. The molecule has 0 bridgehead atoms. The molecule has 6 nitrogen and oxygen atoms in total. The molecule has 1 amide bonds. The van der Waals surface area contributed by atoms with Crippen LogP contribution in [0.1, 0.15) is 16.1 Å². The van der Waals surface area contributed by atoms with Crippen molar-refractivity contribution in [3.8, 4) is 11.3 Å². The van der Waals surface area contributed by atoms with Crippen LogP contribution in [-0.4, -0.2) is 24.1 Å². The third kappa shape index (κ3) is 3.52. The van der Waals surface area contributed by atoms with E-state index >= 15 is 0 Å². The zero-order valence-electron chi connectivity index (χ0n) is 12.8. The van der Waals surface area contributed by atoms with Crippen molar-refractivity contribution in [2.24, 2.45) is 0 Å². The molecule has 0 fully saturated rings. The Morgan fingerprint density at radius 3 is 2.79 bits per heavy atom. The van der Waals surface area contributed by atoms with Crippen LogP contribution < -0.4 is 5.32 Å². The molecule has 0 saturated carbocycles. The van der Waals surface area contributed by atoms with E-state index < -0.39 is 5.97 Å². The molecule has 1 aromatic carbocycles. The Morgan fingerprint density at radius 2 is 2.04 bits per heavy atom. The monoisotopic (exact) mass is 342 g/mol. The standard InChI is InChI=1S/C17H14N2O4S/c1-22-17(21)13-7-8-24-16(13)18-15(20)10-12-9-14(23-19-12)11-5-3-2-4-6-11/h2-9H,10H2,1H3,(H,18,20). The fourth-order valence-electron chi connectivity index (χ4n) is 2.15. The minimum Gasteiger partial charge on any atom is -0.465 e. The van der Waals surface area contributed by atoms with Gasteiger partial charge in [0.2, 0.25) is 5.91 Å². The molecule has 0 radical (unpaired) electrons. The van der Waals surface area contributed by atoms with Gasteiger partial charge in [0.25, 0.3) is 0 Å². The molecular formula is C17H14N2O4S. The van der Waals surface area contributed by atoms with Crippen LogP contribution in [0.25, 0.3) is 11.3 Å². The molecule has 24 heavy (non-hydrogen) atoms. The number of nitrogens with one attached hydrogen (secondary N) is 1. The lowest BCUT2D eigenvalue weighted by Crippen LogP contribution is -2.15. The van der Waals surface area contributed by atoms with Crippen molar-refractivity contribution in [3.05, 3.63) is 59.1 Å². The van der Waals surface area contributed by atoms with Crippen molar-refractivity contribution in [1.82, 2.24) is 5.16 Å². The number of esters is 1. The lowest BCUT2D eigenvalue weighted by atomic mass is 10.1. The Kier molecular flexibility index (Phi) is 4.72. The van der Waals surface area contributed by atoms with Gasteiger partial charge in [0.15, 0.2) is 5.76 Å². The van der Waals surface area contributed by atoms with Gasteiger partial charge in [0, 0.05) is 11.6 Å². The maximum absolute atomic E-state index is 12.2. The number of nitrogens with zero attached hydrogens (tertiary/aromatic N) is 1. The summed E-state index contributed by atoms with van der Waals surface area (Å²) >= 11 is 1.26. The third-order valence-electron chi connectivity index (χ3n) is 3.28. The van der Waals surface area contributed by atoms with E-state index in [1.54, 1.807) is 17.5 Å². The topological polar surface area (TPSA) is 81.4 Å². The summed E-state index contributed by atoms with van der Waals surface area (Å²) in [6.45, 7) is 0. The van der Waals surface area contributed by atoms with Crippen molar-refractivity contribution in [2.75, 3.05) is 12.4 Å². The highest BCUT2D eigenvalue weighted by Gasteiger charge is 2.16. The molecule has 3 aromatic rings. The highest BCUT2D eigenvalue weighted by molar-refractivity contribution is 7.14. The van der Waals surface area contributed by atoms with Crippen molar-refractivity contribution in [1.29, 1.82) is 0 Å². The first-order valence-electron chi connectivity index (χ1n) is 7.14. The van der Waals surface area contributed by atoms with Crippen molar-refractivity contribution < 1.29 is 18.8 Å². The molecule has 0 aliphatic rings. The maximum Gasteiger partial charge on any atom is 0.340 e. The summed E-state index contributed by atoms with van der Waals surface area (Å²) in [4.78, 5) is 23.8. The number of hydrogen-bond donors (Lipinski definition) is 1. The zero-order chi connectivity index (χ0) is 16.9. The van der Waals surface area contributed by atoms with Crippen molar-refractivity contribution in [3.63, 3.8) is 0 Å². The van der Waals surface area contributed by atoms with Crippen LogP contribution in [0, 0.1) is 0 Å². The van der Waals surface area contributed by atoms with E-state index in [0.29, 0.717) is 22.0 Å². The highest BCUT2D eigenvalue weighted by Crippen LogP contribution is 2.24. The molecule has 2 aromatic heterocycles. The normalized spacial score (nSPS) is 10.4. The average Bonchev–Trinajstić information content (AvgIpc) is 3.24. The first-order chi connectivity index (χ1) is 11.7. The van der Waals surface area contributed by atoms with Gasteiger partial charge in [0.05, 0.1) is 24.8 Å². The first kappa shape index (κ1) is 15.9. The molecule has 3 rings (SSSR count). The fourth-order valence-corrected chi connectivity index (χ4v) is 2.94. The summed E-state index contributed by atoms with van der Waals surface area (Å²) in [6, 6.07) is 12.8. The van der Waals surface area contributed by atoms with E-state index in [1.807, 2.05) is 30.3 Å². The molecule has 122 valence electrons. The van der Waals surface area contributed by atoms with E-state index in [1.165, 1.54) is 18.4 Å². The van der Waals surface area contributed by atoms with Crippen LogP contribution in [0.3, 0.4) is 0 Å². The molecule has 1 N–H and O–H groups in total. The van der Waals surface area contributed by atoms with E-state index in [-0.39, 0.29) is 12.3 Å². The summed E-state index contributed by atoms with van der Waals surface area (Å²) in [5.74, 6) is -0.167. The Morgan fingerprint density at radius 1 is 1.25 bits per heavy atom. The van der Waals surface area contributed by atoms with Gasteiger partial charge in [-0.1, -0.05) is 35.5 Å². The van der Waals surface area contributed by atoms with E-state index in [9.17, 15) is 9.59 Å². The first-order valence-corrected chi connectivity index (χ1v) is 8.02. The lowest BCUT2D eigenvalue weighted by molar-refractivity contribution is -0.115. The van der Waals surface area contributed by atoms with Gasteiger partial charge in [-0.15, -0.1) is 11.3 Å². The lowest BCUT2D eigenvalue weighted by Gasteiger charge is -2.03. The Balaban J connectivity index is 1.67. The van der Waals surface area contributed by atoms with Gasteiger partial charge in [-0.3, -0.25) is 4.79 Å². The summed E-state index contributed by atoms with van der Waals surface area (Å²) in [5.41, 5.74) is 1.74. The summed E-state index contributed by atoms with van der Waals surface area (Å²) in [5, 5.41) is 8.78.